The fraction of sp³-hybridized carbons (Fsp3) is 0.385. The van der Waals surface area contributed by atoms with Gasteiger partial charge in [0.25, 0.3) is 0 Å². The first-order chi connectivity index (χ1) is 9.07. The van der Waals surface area contributed by atoms with E-state index in [1.807, 2.05) is 6.07 Å². The number of carbonyl (C=O) groups is 1. The van der Waals surface area contributed by atoms with E-state index in [0.717, 1.165) is 18.4 Å². The van der Waals surface area contributed by atoms with Gasteiger partial charge in [0.15, 0.2) is 5.58 Å². The number of hydrogen-bond donors (Lipinski definition) is 3. The van der Waals surface area contributed by atoms with Crippen LogP contribution in [-0.2, 0) is 11.2 Å². The van der Waals surface area contributed by atoms with Gasteiger partial charge in [-0.1, -0.05) is 6.07 Å². The fourth-order valence-corrected chi connectivity index (χ4v) is 2.00. The van der Waals surface area contributed by atoms with Crippen molar-refractivity contribution < 1.29 is 9.21 Å². The second kappa shape index (κ2) is 4.24. The lowest BCUT2D eigenvalue weighted by Gasteiger charge is -2.09. The molecule has 4 N–H and O–H groups in total. The van der Waals surface area contributed by atoms with Crippen molar-refractivity contribution in [2.75, 3.05) is 6.54 Å². The van der Waals surface area contributed by atoms with Crippen LogP contribution in [0, 0.1) is 0 Å². The molecule has 0 saturated heterocycles. The first-order valence-electron chi connectivity index (χ1n) is 6.26. The maximum Gasteiger partial charge on any atom is 0.417 e. The standard InChI is InChI=1S/C13H15N3O3/c14-13(4-5-13)11(17)15-6-3-8-1-2-9-10(7-8)19-12(18)16-9/h1-2,7H,3-6,14H2,(H,15,17)(H,16,18). The first-order valence-corrected chi connectivity index (χ1v) is 6.26. The van der Waals surface area contributed by atoms with Gasteiger partial charge in [-0.3, -0.25) is 9.78 Å². The molecule has 1 aliphatic carbocycles. The van der Waals surface area contributed by atoms with E-state index in [2.05, 4.69) is 10.3 Å². The molecule has 0 unspecified atom stereocenters. The smallest absolute Gasteiger partial charge is 0.408 e. The molecule has 1 heterocycles. The third-order valence-corrected chi connectivity index (χ3v) is 3.43. The minimum absolute atomic E-state index is 0.0817. The molecule has 19 heavy (non-hydrogen) atoms. The van der Waals surface area contributed by atoms with Crippen molar-refractivity contribution >= 4 is 17.0 Å². The quantitative estimate of drug-likeness (QED) is 0.735. The summed E-state index contributed by atoms with van der Waals surface area (Å²) in [6, 6.07) is 5.49. The lowest BCUT2D eigenvalue weighted by Crippen LogP contribution is -2.43. The van der Waals surface area contributed by atoms with E-state index in [-0.39, 0.29) is 5.91 Å². The normalized spacial score (nSPS) is 16.5. The van der Waals surface area contributed by atoms with E-state index in [0.29, 0.717) is 24.1 Å². The van der Waals surface area contributed by atoms with Gasteiger partial charge < -0.3 is 15.5 Å². The SMILES string of the molecule is NC1(C(=O)NCCc2ccc3[nH]c(=O)oc3c2)CC1. The summed E-state index contributed by atoms with van der Waals surface area (Å²) in [5.74, 6) is -0.541. The molecule has 1 amide bonds. The van der Waals surface area contributed by atoms with Crippen molar-refractivity contribution in [1.82, 2.24) is 10.3 Å². The number of hydrogen-bond acceptors (Lipinski definition) is 4. The van der Waals surface area contributed by atoms with Crippen LogP contribution in [0.5, 0.6) is 0 Å². The Labute approximate surface area is 109 Å². The molecule has 6 heteroatoms. The predicted octanol–water partition coefficient (Wildman–Crippen LogP) is 0.271. The molecule has 1 aromatic heterocycles. The van der Waals surface area contributed by atoms with Gasteiger partial charge in [0.2, 0.25) is 5.91 Å². The Morgan fingerprint density at radius 2 is 2.26 bits per heavy atom. The van der Waals surface area contributed by atoms with Crippen LogP contribution >= 0.6 is 0 Å². The van der Waals surface area contributed by atoms with Gasteiger partial charge in [-0.15, -0.1) is 0 Å². The van der Waals surface area contributed by atoms with Crippen molar-refractivity contribution in [3.8, 4) is 0 Å². The number of H-pyrrole nitrogens is 1. The Hall–Kier alpha value is -2.08. The molecule has 1 saturated carbocycles. The van der Waals surface area contributed by atoms with Gasteiger partial charge in [0, 0.05) is 6.54 Å². The van der Waals surface area contributed by atoms with Crippen LogP contribution in [0.15, 0.2) is 27.4 Å². The zero-order valence-electron chi connectivity index (χ0n) is 10.4. The summed E-state index contributed by atoms with van der Waals surface area (Å²) < 4.78 is 4.98. The van der Waals surface area contributed by atoms with Crippen LogP contribution in [0.25, 0.3) is 11.1 Å². The maximum atomic E-state index is 11.6. The van der Waals surface area contributed by atoms with Crippen LogP contribution in [0.2, 0.25) is 0 Å². The first kappa shape index (κ1) is 12.0. The highest BCUT2D eigenvalue weighted by Crippen LogP contribution is 2.31. The summed E-state index contributed by atoms with van der Waals surface area (Å²) in [5.41, 5.74) is 7.36. The summed E-state index contributed by atoms with van der Waals surface area (Å²) in [6.45, 7) is 0.526. The molecular weight excluding hydrogens is 246 g/mol. The van der Waals surface area contributed by atoms with Crippen LogP contribution in [-0.4, -0.2) is 23.0 Å². The zero-order chi connectivity index (χ0) is 13.5. The molecule has 100 valence electrons. The lowest BCUT2D eigenvalue weighted by molar-refractivity contribution is -0.123. The molecule has 0 spiro atoms. The van der Waals surface area contributed by atoms with Gasteiger partial charge in [-0.2, -0.15) is 0 Å². The minimum Gasteiger partial charge on any atom is -0.408 e. The Morgan fingerprint density at radius 1 is 1.47 bits per heavy atom. The summed E-state index contributed by atoms with van der Waals surface area (Å²) in [7, 11) is 0. The van der Waals surface area contributed by atoms with E-state index in [1.165, 1.54) is 0 Å². The van der Waals surface area contributed by atoms with E-state index < -0.39 is 11.3 Å². The molecule has 1 fully saturated rings. The average Bonchev–Trinajstić information content (AvgIpc) is 3.01. The number of aromatic nitrogens is 1. The Bertz CT molecular complexity index is 682. The Kier molecular flexibility index (Phi) is 2.67. The molecule has 0 radical (unpaired) electrons. The van der Waals surface area contributed by atoms with Crippen LogP contribution < -0.4 is 16.8 Å². The Morgan fingerprint density at radius 3 is 3.00 bits per heavy atom. The monoisotopic (exact) mass is 261 g/mol. The molecular formula is C13H15N3O3. The molecule has 0 bridgehead atoms. The molecule has 2 aromatic rings. The second-order valence-electron chi connectivity index (χ2n) is 5.01. The van der Waals surface area contributed by atoms with Crippen molar-refractivity contribution in [2.45, 2.75) is 24.8 Å². The van der Waals surface area contributed by atoms with Gasteiger partial charge >= 0.3 is 5.76 Å². The van der Waals surface area contributed by atoms with Crippen LogP contribution in [0.4, 0.5) is 0 Å². The largest absolute Gasteiger partial charge is 0.417 e. The highest BCUT2D eigenvalue weighted by Gasteiger charge is 2.45. The number of amides is 1. The topological polar surface area (TPSA) is 101 Å². The van der Waals surface area contributed by atoms with Gasteiger partial charge in [0.1, 0.15) is 0 Å². The minimum atomic E-state index is -0.628. The number of rotatable bonds is 4. The third kappa shape index (κ3) is 2.39. The number of fused-ring (bicyclic) bond motifs is 1. The summed E-state index contributed by atoms with van der Waals surface area (Å²) in [5, 5.41) is 2.82. The number of nitrogens with one attached hydrogen (secondary N) is 2. The van der Waals surface area contributed by atoms with Crippen molar-refractivity contribution in [1.29, 1.82) is 0 Å². The molecule has 3 rings (SSSR count). The lowest BCUT2D eigenvalue weighted by atomic mass is 10.1. The molecule has 6 nitrogen and oxygen atoms in total. The average molecular weight is 261 g/mol. The summed E-state index contributed by atoms with van der Waals surface area (Å²) in [4.78, 5) is 25.2. The van der Waals surface area contributed by atoms with E-state index in [9.17, 15) is 9.59 Å². The fourth-order valence-electron chi connectivity index (χ4n) is 2.00. The van der Waals surface area contributed by atoms with E-state index in [4.69, 9.17) is 10.2 Å². The number of benzene rings is 1. The Balaban J connectivity index is 1.62. The number of carbonyl (C=O) groups excluding carboxylic acids is 1. The second-order valence-corrected chi connectivity index (χ2v) is 5.01. The zero-order valence-corrected chi connectivity index (χ0v) is 10.4. The van der Waals surface area contributed by atoms with Gasteiger partial charge in [0.05, 0.1) is 11.1 Å². The number of nitrogens with two attached hydrogens (primary N) is 1. The van der Waals surface area contributed by atoms with Crippen LogP contribution in [0.3, 0.4) is 0 Å². The number of oxazole rings is 1. The van der Waals surface area contributed by atoms with E-state index in [1.54, 1.807) is 12.1 Å². The predicted molar refractivity (Wildman–Crippen MR) is 69.7 cm³/mol. The van der Waals surface area contributed by atoms with Crippen LogP contribution in [0.1, 0.15) is 18.4 Å². The maximum absolute atomic E-state index is 11.6. The van der Waals surface area contributed by atoms with Gasteiger partial charge in [-0.25, -0.2) is 4.79 Å². The van der Waals surface area contributed by atoms with Crippen molar-refractivity contribution in [3.05, 3.63) is 34.3 Å². The van der Waals surface area contributed by atoms with Crippen molar-refractivity contribution in [3.63, 3.8) is 0 Å². The summed E-state index contributed by atoms with van der Waals surface area (Å²) in [6.07, 6.45) is 2.20. The highest BCUT2D eigenvalue weighted by molar-refractivity contribution is 5.88. The van der Waals surface area contributed by atoms with Gasteiger partial charge in [-0.05, 0) is 37.0 Å². The third-order valence-electron chi connectivity index (χ3n) is 3.43. The molecule has 0 aliphatic heterocycles. The van der Waals surface area contributed by atoms with E-state index >= 15 is 0 Å². The summed E-state index contributed by atoms with van der Waals surface area (Å²) >= 11 is 0. The molecule has 1 aliphatic rings. The van der Waals surface area contributed by atoms with Crippen molar-refractivity contribution in [2.24, 2.45) is 5.73 Å². The molecule has 0 atom stereocenters. The molecule has 1 aromatic carbocycles. The number of aromatic amines is 1. The highest BCUT2D eigenvalue weighted by atomic mass is 16.4.